The topological polar surface area (TPSA) is 0 Å². The maximum absolute atomic E-state index is 2.23. The molecule has 0 aromatic carbocycles. The van der Waals surface area contributed by atoms with Crippen molar-refractivity contribution < 1.29 is 37.7 Å². The van der Waals surface area contributed by atoms with Crippen LogP contribution < -0.4 is 0 Å². The standard InChI is InChI=1S/C6H14.Ho/c1-3-5-6-4-2;/h3-6H2,1-2H3;. The van der Waals surface area contributed by atoms with Crippen LogP contribution in [0.5, 0.6) is 0 Å². The molecule has 0 rings (SSSR count). The molecule has 0 aromatic rings. The van der Waals surface area contributed by atoms with Gasteiger partial charge in [0, 0.05) is 37.7 Å². The number of unbranched alkanes of at least 4 members (excludes halogenated alkanes) is 3. The van der Waals surface area contributed by atoms with E-state index in [1.54, 1.807) is 0 Å². The van der Waals surface area contributed by atoms with Crippen molar-refractivity contribution in [3.8, 4) is 0 Å². The third kappa shape index (κ3) is 11.1. The maximum Gasteiger partial charge on any atom is 0 e. The summed E-state index contributed by atoms with van der Waals surface area (Å²) in [4.78, 5) is 0. The van der Waals surface area contributed by atoms with Gasteiger partial charge in [-0.15, -0.1) is 0 Å². The Morgan fingerprint density at radius 3 is 1.29 bits per heavy atom. The van der Waals surface area contributed by atoms with Crippen molar-refractivity contribution in [1.82, 2.24) is 0 Å². The molecule has 0 fully saturated rings. The van der Waals surface area contributed by atoms with Gasteiger partial charge in [-0.25, -0.2) is 0 Å². The van der Waals surface area contributed by atoms with E-state index in [0.29, 0.717) is 0 Å². The molecule has 0 aromatic heterocycles. The Labute approximate surface area is 76.7 Å². The van der Waals surface area contributed by atoms with Crippen molar-refractivity contribution >= 4 is 0 Å². The van der Waals surface area contributed by atoms with Crippen molar-refractivity contribution in [1.29, 1.82) is 0 Å². The van der Waals surface area contributed by atoms with Crippen LogP contribution >= 0.6 is 0 Å². The van der Waals surface area contributed by atoms with Crippen LogP contribution in [0.25, 0.3) is 0 Å². The average Bonchev–Trinajstić information content (AvgIpc) is 1.61. The summed E-state index contributed by atoms with van der Waals surface area (Å²) in [5, 5.41) is 0. The van der Waals surface area contributed by atoms with Crippen LogP contribution in [0.1, 0.15) is 39.5 Å². The van der Waals surface area contributed by atoms with Gasteiger partial charge < -0.3 is 0 Å². The number of hydrogen-bond donors (Lipinski definition) is 0. The molecule has 0 atom stereocenters. The van der Waals surface area contributed by atoms with Crippen LogP contribution in [0, 0.1) is 37.7 Å². The minimum atomic E-state index is 0. The Morgan fingerprint density at radius 2 is 1.14 bits per heavy atom. The Morgan fingerprint density at radius 1 is 0.857 bits per heavy atom. The van der Waals surface area contributed by atoms with E-state index >= 15 is 0 Å². The molecule has 0 nitrogen and oxygen atoms in total. The molecule has 49 valence electrons. The largest absolute Gasteiger partial charge is 0.0654 e. The molecule has 0 saturated carbocycles. The van der Waals surface area contributed by atoms with E-state index in [4.69, 9.17) is 0 Å². The first-order valence-corrected chi connectivity index (χ1v) is 2.91. The first-order valence-electron chi connectivity index (χ1n) is 2.91. The third-order valence-corrected chi connectivity index (χ3v) is 0.957. The van der Waals surface area contributed by atoms with Crippen molar-refractivity contribution in [3.63, 3.8) is 0 Å². The zero-order valence-corrected chi connectivity index (χ0v) is 7.06. The van der Waals surface area contributed by atoms with Gasteiger partial charge in [-0.1, -0.05) is 39.5 Å². The van der Waals surface area contributed by atoms with Gasteiger partial charge in [0.05, 0.1) is 0 Å². The Hall–Kier alpha value is 1.26. The van der Waals surface area contributed by atoms with E-state index in [9.17, 15) is 0 Å². The smallest absolute Gasteiger partial charge is 0 e. The average molecular weight is 251 g/mol. The van der Waals surface area contributed by atoms with Crippen molar-refractivity contribution in [2.45, 2.75) is 39.5 Å². The van der Waals surface area contributed by atoms with Crippen LogP contribution in [-0.2, 0) is 0 Å². The van der Waals surface area contributed by atoms with Crippen LogP contribution in [-0.4, -0.2) is 0 Å². The molecular formula is C6H14Ho. The van der Waals surface area contributed by atoms with Crippen molar-refractivity contribution in [2.24, 2.45) is 0 Å². The third-order valence-electron chi connectivity index (χ3n) is 0.957. The number of hydrogen-bond acceptors (Lipinski definition) is 0. The summed E-state index contributed by atoms with van der Waals surface area (Å²) < 4.78 is 0. The van der Waals surface area contributed by atoms with Crippen LogP contribution in [0.3, 0.4) is 0 Å². The zero-order valence-electron chi connectivity index (χ0n) is 5.13. The summed E-state index contributed by atoms with van der Waals surface area (Å²) in [7, 11) is 0. The van der Waals surface area contributed by atoms with Gasteiger partial charge in [-0.2, -0.15) is 0 Å². The van der Waals surface area contributed by atoms with Gasteiger partial charge in [0.15, 0.2) is 0 Å². The summed E-state index contributed by atoms with van der Waals surface area (Å²) in [6.45, 7) is 4.46. The Bertz CT molecular complexity index is 16.1. The number of rotatable bonds is 3. The molecule has 0 spiro atoms. The predicted molar refractivity (Wildman–Crippen MR) is 29.8 cm³/mol. The first kappa shape index (κ1) is 11.1. The summed E-state index contributed by atoms with van der Waals surface area (Å²) in [5.41, 5.74) is 0. The van der Waals surface area contributed by atoms with E-state index in [0.717, 1.165) is 0 Å². The molecule has 7 heavy (non-hydrogen) atoms. The Kier molecular flexibility index (Phi) is 16.3. The van der Waals surface area contributed by atoms with Crippen molar-refractivity contribution in [3.05, 3.63) is 0 Å². The molecule has 0 bridgehead atoms. The maximum atomic E-state index is 2.23. The van der Waals surface area contributed by atoms with Gasteiger partial charge in [-0.3, -0.25) is 0 Å². The van der Waals surface area contributed by atoms with Gasteiger partial charge >= 0.3 is 0 Å². The minimum Gasteiger partial charge on any atom is -0.0654 e. The van der Waals surface area contributed by atoms with E-state index in [1.807, 2.05) is 0 Å². The molecule has 0 N–H and O–H groups in total. The summed E-state index contributed by atoms with van der Waals surface area (Å²) in [6, 6.07) is 0. The van der Waals surface area contributed by atoms with Gasteiger partial charge in [0.1, 0.15) is 0 Å². The summed E-state index contributed by atoms with van der Waals surface area (Å²) in [5.74, 6) is 0. The van der Waals surface area contributed by atoms with Crippen LogP contribution in [0.2, 0.25) is 0 Å². The Balaban J connectivity index is 0. The molecular weight excluding hydrogens is 237 g/mol. The summed E-state index contributed by atoms with van der Waals surface area (Å²) in [6.07, 6.45) is 5.54. The van der Waals surface area contributed by atoms with E-state index in [1.165, 1.54) is 25.7 Å². The normalized spacial score (nSPS) is 7.71. The minimum absolute atomic E-state index is 0. The second kappa shape index (κ2) is 10.3. The molecule has 1 heteroatoms. The fraction of sp³-hybridized carbons (Fsp3) is 1.00. The molecule has 0 saturated heterocycles. The second-order valence-corrected chi connectivity index (χ2v) is 1.71. The van der Waals surface area contributed by atoms with Gasteiger partial charge in [-0.05, 0) is 0 Å². The molecule has 0 unspecified atom stereocenters. The van der Waals surface area contributed by atoms with Gasteiger partial charge in [0.2, 0.25) is 0 Å². The van der Waals surface area contributed by atoms with E-state index < -0.39 is 0 Å². The van der Waals surface area contributed by atoms with Crippen LogP contribution in [0.4, 0.5) is 0 Å². The first-order chi connectivity index (χ1) is 2.91. The van der Waals surface area contributed by atoms with Gasteiger partial charge in [0.25, 0.3) is 0 Å². The molecule has 0 amide bonds. The monoisotopic (exact) mass is 251 g/mol. The van der Waals surface area contributed by atoms with Crippen LogP contribution in [0.15, 0.2) is 0 Å². The zero-order chi connectivity index (χ0) is 4.83. The van der Waals surface area contributed by atoms with E-state index in [-0.39, 0.29) is 37.7 Å². The van der Waals surface area contributed by atoms with Crippen molar-refractivity contribution in [2.75, 3.05) is 0 Å². The quantitative estimate of drug-likeness (QED) is 0.534. The fourth-order valence-electron chi connectivity index (χ4n) is 0.500. The molecule has 0 aliphatic heterocycles. The summed E-state index contributed by atoms with van der Waals surface area (Å²) >= 11 is 0. The van der Waals surface area contributed by atoms with E-state index in [2.05, 4.69) is 13.8 Å². The second-order valence-electron chi connectivity index (χ2n) is 1.71. The predicted octanol–water partition coefficient (Wildman–Crippen LogP) is 2.59. The molecule has 0 heterocycles. The molecule has 0 aliphatic rings. The SMILES string of the molecule is CCCCCC.[Ho]. The molecule has 1 radical (unpaired) electrons. The molecule has 0 aliphatic carbocycles. The fourth-order valence-corrected chi connectivity index (χ4v) is 0.500.